The maximum Gasteiger partial charge on any atom is 0.247 e. The van der Waals surface area contributed by atoms with Gasteiger partial charge in [-0.25, -0.2) is 5.48 Å². The van der Waals surface area contributed by atoms with Crippen LogP contribution in [0.15, 0.2) is 48.5 Å². The molecule has 3 amide bonds. The quantitative estimate of drug-likeness (QED) is 0.262. The molecule has 212 valence electrons. The van der Waals surface area contributed by atoms with Crippen molar-refractivity contribution in [3.63, 3.8) is 0 Å². The van der Waals surface area contributed by atoms with E-state index in [-0.39, 0.29) is 17.7 Å². The van der Waals surface area contributed by atoms with Gasteiger partial charge in [-0.05, 0) is 72.9 Å². The maximum atomic E-state index is 13.6. The molecule has 3 N–H and O–H groups in total. The Morgan fingerprint density at radius 3 is 2.44 bits per heavy atom. The molecule has 8 nitrogen and oxygen atoms in total. The predicted octanol–water partition coefficient (Wildman–Crippen LogP) is 4.94. The second-order valence-electron chi connectivity index (χ2n) is 10.9. The van der Waals surface area contributed by atoms with Crippen molar-refractivity contribution in [1.29, 1.82) is 0 Å². The normalized spacial score (nSPS) is 17.3. The van der Waals surface area contributed by atoms with Crippen LogP contribution in [0.2, 0.25) is 0 Å². The minimum Gasteiger partial charge on any atom is -0.497 e. The largest absolute Gasteiger partial charge is 0.497 e. The SMILES string of the molecule is CCC[C@H](C(=O)NO)C(CC(C)C)C(=O)N[C@H]1CCCCN(Cc2cccc(-c3cccc(OC)c3)c2)C1=O. The zero-order chi connectivity index (χ0) is 28.4. The first-order valence-corrected chi connectivity index (χ1v) is 14.0. The predicted molar refractivity (Wildman–Crippen MR) is 151 cm³/mol. The van der Waals surface area contributed by atoms with Gasteiger partial charge in [0.2, 0.25) is 17.7 Å². The van der Waals surface area contributed by atoms with Gasteiger partial charge in [-0.15, -0.1) is 0 Å². The lowest BCUT2D eigenvalue weighted by Gasteiger charge is -2.29. The minimum atomic E-state index is -0.654. The number of hydrogen-bond donors (Lipinski definition) is 3. The first-order valence-electron chi connectivity index (χ1n) is 14.0. The second kappa shape index (κ2) is 14.7. The van der Waals surface area contributed by atoms with E-state index in [1.54, 1.807) is 12.6 Å². The molecule has 0 saturated carbocycles. The van der Waals surface area contributed by atoms with Gasteiger partial charge in [0.1, 0.15) is 11.8 Å². The highest BCUT2D eigenvalue weighted by Gasteiger charge is 2.36. The van der Waals surface area contributed by atoms with Crippen molar-refractivity contribution in [2.45, 2.75) is 71.9 Å². The lowest BCUT2D eigenvalue weighted by atomic mass is 9.81. The third-order valence-electron chi connectivity index (χ3n) is 7.40. The van der Waals surface area contributed by atoms with Crippen molar-refractivity contribution < 1.29 is 24.3 Å². The Hall–Kier alpha value is -3.39. The van der Waals surface area contributed by atoms with Crippen molar-refractivity contribution in [2.75, 3.05) is 13.7 Å². The van der Waals surface area contributed by atoms with Crippen molar-refractivity contribution in [1.82, 2.24) is 15.7 Å². The van der Waals surface area contributed by atoms with E-state index < -0.39 is 23.8 Å². The smallest absolute Gasteiger partial charge is 0.247 e. The molecule has 0 bridgehead atoms. The molecule has 1 aliphatic heterocycles. The molecular formula is C31H43N3O5. The van der Waals surface area contributed by atoms with Gasteiger partial charge in [-0.2, -0.15) is 0 Å². The molecule has 0 radical (unpaired) electrons. The first kappa shape index (κ1) is 30.2. The molecule has 0 spiro atoms. The zero-order valence-electron chi connectivity index (χ0n) is 23.6. The summed E-state index contributed by atoms with van der Waals surface area (Å²) in [6.07, 6.45) is 3.90. The van der Waals surface area contributed by atoms with E-state index in [2.05, 4.69) is 11.4 Å². The standard InChI is InChI=1S/C31H43N3O5/c1-5-10-26(30(36)33-38)27(17-21(2)3)29(35)32-28-15-6-7-16-34(31(28)37)20-22-11-8-12-23(18-22)24-13-9-14-25(19-24)39-4/h8-9,11-14,18-19,21,26-28,38H,5-7,10,15-17,20H2,1-4H3,(H,32,35)(H,33,36)/t26-,27?,28-/m0/s1. The van der Waals surface area contributed by atoms with Gasteiger partial charge in [0.15, 0.2) is 0 Å². The van der Waals surface area contributed by atoms with E-state index in [1.807, 2.05) is 68.1 Å². The number of rotatable bonds is 12. The molecule has 39 heavy (non-hydrogen) atoms. The Morgan fingerprint density at radius 1 is 1.05 bits per heavy atom. The molecule has 1 saturated heterocycles. The minimum absolute atomic E-state index is 0.102. The summed E-state index contributed by atoms with van der Waals surface area (Å²) in [5.74, 6) is -1.28. The maximum absolute atomic E-state index is 13.6. The molecule has 1 unspecified atom stereocenters. The van der Waals surface area contributed by atoms with Gasteiger partial charge in [0.05, 0.1) is 13.0 Å². The summed E-state index contributed by atoms with van der Waals surface area (Å²) in [7, 11) is 1.64. The fourth-order valence-corrected chi connectivity index (χ4v) is 5.42. The molecule has 2 aromatic carbocycles. The average molecular weight is 538 g/mol. The van der Waals surface area contributed by atoms with Crippen LogP contribution in [-0.2, 0) is 20.9 Å². The molecule has 0 aromatic heterocycles. The Morgan fingerprint density at radius 2 is 1.77 bits per heavy atom. The lowest BCUT2D eigenvalue weighted by molar-refractivity contribution is -0.143. The summed E-state index contributed by atoms with van der Waals surface area (Å²) in [5.41, 5.74) is 4.82. The number of nitrogens with zero attached hydrogens (tertiary/aromatic N) is 1. The number of likely N-dealkylation sites (tertiary alicyclic amines) is 1. The molecule has 3 rings (SSSR count). The summed E-state index contributed by atoms with van der Waals surface area (Å²) in [4.78, 5) is 41.4. The van der Waals surface area contributed by atoms with Crippen LogP contribution in [0.1, 0.15) is 64.9 Å². The topological polar surface area (TPSA) is 108 Å². The Balaban J connectivity index is 1.76. The van der Waals surface area contributed by atoms with Crippen LogP contribution in [0.5, 0.6) is 5.75 Å². The number of benzene rings is 2. The van der Waals surface area contributed by atoms with Gasteiger partial charge in [-0.3, -0.25) is 19.6 Å². The monoisotopic (exact) mass is 537 g/mol. The third kappa shape index (κ3) is 8.30. The highest BCUT2D eigenvalue weighted by molar-refractivity contribution is 5.91. The highest BCUT2D eigenvalue weighted by atomic mass is 16.5. The van der Waals surface area contributed by atoms with E-state index in [4.69, 9.17) is 4.74 Å². The second-order valence-corrected chi connectivity index (χ2v) is 10.9. The summed E-state index contributed by atoms with van der Waals surface area (Å²) < 4.78 is 5.36. The number of nitrogens with one attached hydrogen (secondary N) is 2. The summed E-state index contributed by atoms with van der Waals surface area (Å²) in [5, 5.41) is 12.3. The molecule has 2 aromatic rings. The number of methoxy groups -OCH3 is 1. The highest BCUT2D eigenvalue weighted by Crippen LogP contribution is 2.28. The van der Waals surface area contributed by atoms with Gasteiger partial charge < -0.3 is 15.0 Å². The number of hydrogen-bond acceptors (Lipinski definition) is 5. The molecule has 1 heterocycles. The summed E-state index contributed by atoms with van der Waals surface area (Å²) >= 11 is 0. The summed E-state index contributed by atoms with van der Waals surface area (Å²) in [6.45, 7) is 7.01. The van der Waals surface area contributed by atoms with Crippen LogP contribution < -0.4 is 15.5 Å². The molecule has 0 aliphatic carbocycles. The third-order valence-corrected chi connectivity index (χ3v) is 7.40. The number of amides is 3. The summed E-state index contributed by atoms with van der Waals surface area (Å²) in [6, 6.07) is 15.4. The van der Waals surface area contributed by atoms with Crippen LogP contribution in [-0.4, -0.2) is 47.5 Å². The molecule has 3 atom stereocenters. The first-order chi connectivity index (χ1) is 18.8. The number of hydroxylamine groups is 1. The van der Waals surface area contributed by atoms with Crippen molar-refractivity contribution in [3.8, 4) is 16.9 Å². The van der Waals surface area contributed by atoms with Crippen LogP contribution in [0.3, 0.4) is 0 Å². The van der Waals surface area contributed by atoms with Crippen LogP contribution in [0.25, 0.3) is 11.1 Å². The van der Waals surface area contributed by atoms with Crippen LogP contribution in [0.4, 0.5) is 0 Å². The number of carbonyl (C=O) groups is 3. The molecule has 1 aliphatic rings. The molecule has 1 fully saturated rings. The van der Waals surface area contributed by atoms with Gasteiger partial charge in [-0.1, -0.05) is 57.5 Å². The zero-order valence-corrected chi connectivity index (χ0v) is 23.6. The van der Waals surface area contributed by atoms with Crippen LogP contribution in [0, 0.1) is 17.8 Å². The Labute approximate surface area is 232 Å². The van der Waals surface area contributed by atoms with E-state index in [1.165, 1.54) is 0 Å². The van der Waals surface area contributed by atoms with Crippen molar-refractivity contribution in [3.05, 3.63) is 54.1 Å². The molecule has 8 heteroatoms. The number of ether oxygens (including phenoxy) is 1. The van der Waals surface area contributed by atoms with Crippen molar-refractivity contribution >= 4 is 17.7 Å². The van der Waals surface area contributed by atoms with E-state index in [0.29, 0.717) is 38.8 Å². The van der Waals surface area contributed by atoms with E-state index in [9.17, 15) is 19.6 Å². The Bertz CT molecular complexity index is 1120. The van der Waals surface area contributed by atoms with Crippen LogP contribution >= 0.6 is 0 Å². The fourth-order valence-electron chi connectivity index (χ4n) is 5.42. The molecular weight excluding hydrogens is 494 g/mol. The lowest BCUT2D eigenvalue weighted by Crippen LogP contribution is -2.51. The number of carbonyl (C=O) groups excluding carboxylic acids is 3. The average Bonchev–Trinajstić information content (AvgIpc) is 3.11. The fraction of sp³-hybridized carbons (Fsp3) is 0.516. The van der Waals surface area contributed by atoms with Gasteiger partial charge >= 0.3 is 0 Å². The Kier molecular flexibility index (Phi) is 11.3. The van der Waals surface area contributed by atoms with E-state index in [0.717, 1.165) is 35.3 Å². The van der Waals surface area contributed by atoms with E-state index >= 15 is 0 Å². The van der Waals surface area contributed by atoms with Crippen molar-refractivity contribution in [2.24, 2.45) is 17.8 Å². The van der Waals surface area contributed by atoms with Gasteiger partial charge in [0.25, 0.3) is 0 Å². The van der Waals surface area contributed by atoms with Gasteiger partial charge in [0, 0.05) is 19.0 Å².